The third kappa shape index (κ3) is 4.07. The molecule has 0 saturated carbocycles. The van der Waals surface area contributed by atoms with Crippen molar-refractivity contribution in [1.29, 1.82) is 0 Å². The van der Waals surface area contributed by atoms with E-state index in [1.165, 1.54) is 19.2 Å². The predicted octanol–water partition coefficient (Wildman–Crippen LogP) is 2.88. The number of hydrogen-bond donors (Lipinski definition) is 1. The van der Waals surface area contributed by atoms with Crippen LogP contribution >= 0.6 is 15.9 Å². The Kier molecular flexibility index (Phi) is 5.75. The first-order chi connectivity index (χ1) is 8.45. The average molecular weight is 318 g/mol. The average Bonchev–Trinajstić information content (AvgIpc) is 2.32. The van der Waals surface area contributed by atoms with Crippen LogP contribution < -0.4 is 5.32 Å². The summed E-state index contributed by atoms with van der Waals surface area (Å²) in [6.07, 6.45) is 0. The molecule has 0 saturated heterocycles. The van der Waals surface area contributed by atoms with Crippen LogP contribution in [-0.2, 0) is 16.1 Å². The SMILES string of the molecule is COC(=O)C(NCc1cc(F)ccc1Br)C(C)C. The smallest absolute Gasteiger partial charge is 0.323 e. The van der Waals surface area contributed by atoms with Crippen molar-refractivity contribution in [2.45, 2.75) is 26.4 Å². The van der Waals surface area contributed by atoms with Gasteiger partial charge in [-0.1, -0.05) is 29.8 Å². The summed E-state index contributed by atoms with van der Waals surface area (Å²) in [5, 5.41) is 3.08. The van der Waals surface area contributed by atoms with E-state index in [0.29, 0.717) is 6.54 Å². The zero-order valence-electron chi connectivity index (χ0n) is 10.7. The Balaban J connectivity index is 2.73. The molecule has 0 heterocycles. The molecule has 0 aromatic heterocycles. The molecule has 0 aliphatic heterocycles. The largest absolute Gasteiger partial charge is 0.468 e. The fourth-order valence-electron chi connectivity index (χ4n) is 1.62. The fourth-order valence-corrected chi connectivity index (χ4v) is 2.00. The van der Waals surface area contributed by atoms with E-state index in [1.807, 2.05) is 13.8 Å². The van der Waals surface area contributed by atoms with Crippen LogP contribution in [-0.4, -0.2) is 19.1 Å². The maximum atomic E-state index is 13.1. The van der Waals surface area contributed by atoms with Gasteiger partial charge >= 0.3 is 5.97 Å². The van der Waals surface area contributed by atoms with Crippen molar-refractivity contribution in [3.05, 3.63) is 34.1 Å². The molecule has 5 heteroatoms. The van der Waals surface area contributed by atoms with Crippen molar-refractivity contribution in [2.24, 2.45) is 5.92 Å². The van der Waals surface area contributed by atoms with Gasteiger partial charge in [-0.2, -0.15) is 0 Å². The highest BCUT2D eigenvalue weighted by Crippen LogP contribution is 2.18. The van der Waals surface area contributed by atoms with E-state index in [4.69, 9.17) is 4.74 Å². The summed E-state index contributed by atoms with van der Waals surface area (Å²) in [4.78, 5) is 11.6. The molecule has 0 aliphatic rings. The molecule has 0 bridgehead atoms. The third-order valence-electron chi connectivity index (χ3n) is 2.64. The number of nitrogens with one attached hydrogen (secondary N) is 1. The Labute approximate surface area is 115 Å². The van der Waals surface area contributed by atoms with E-state index < -0.39 is 6.04 Å². The van der Waals surface area contributed by atoms with E-state index in [1.54, 1.807) is 6.07 Å². The Morgan fingerprint density at radius 3 is 2.72 bits per heavy atom. The number of ether oxygens (including phenoxy) is 1. The highest BCUT2D eigenvalue weighted by molar-refractivity contribution is 9.10. The first kappa shape index (κ1) is 15.1. The Bertz CT molecular complexity index is 423. The molecule has 1 atom stereocenters. The Morgan fingerprint density at radius 2 is 2.17 bits per heavy atom. The maximum Gasteiger partial charge on any atom is 0.323 e. The molecule has 1 unspecified atom stereocenters. The first-order valence-electron chi connectivity index (χ1n) is 5.70. The quantitative estimate of drug-likeness (QED) is 0.849. The number of benzene rings is 1. The van der Waals surface area contributed by atoms with Crippen LogP contribution in [0.25, 0.3) is 0 Å². The van der Waals surface area contributed by atoms with E-state index >= 15 is 0 Å². The molecule has 100 valence electrons. The summed E-state index contributed by atoms with van der Waals surface area (Å²) >= 11 is 3.35. The number of rotatable bonds is 5. The molecule has 1 aromatic carbocycles. The lowest BCUT2D eigenvalue weighted by Crippen LogP contribution is -2.41. The molecule has 0 aliphatic carbocycles. The lowest BCUT2D eigenvalue weighted by Gasteiger charge is -2.20. The summed E-state index contributed by atoms with van der Waals surface area (Å²) in [6, 6.07) is 4.07. The summed E-state index contributed by atoms with van der Waals surface area (Å²) in [5.74, 6) is -0.503. The monoisotopic (exact) mass is 317 g/mol. The molecule has 1 N–H and O–H groups in total. The van der Waals surface area contributed by atoms with Crippen molar-refractivity contribution in [2.75, 3.05) is 7.11 Å². The molecule has 1 rings (SSSR count). The second-order valence-electron chi connectivity index (χ2n) is 4.36. The first-order valence-corrected chi connectivity index (χ1v) is 6.50. The number of methoxy groups -OCH3 is 1. The molecule has 0 amide bonds. The molecular formula is C13H17BrFNO2. The highest BCUT2D eigenvalue weighted by Gasteiger charge is 2.22. The normalized spacial score (nSPS) is 12.6. The standard InChI is InChI=1S/C13H17BrFNO2/c1-8(2)12(13(17)18-3)16-7-9-6-10(15)4-5-11(9)14/h4-6,8,12,16H,7H2,1-3H3. The minimum atomic E-state index is -0.398. The van der Waals surface area contributed by atoms with Crippen LogP contribution in [0.2, 0.25) is 0 Å². The summed E-state index contributed by atoms with van der Waals surface area (Å²) in [7, 11) is 1.36. The molecule has 18 heavy (non-hydrogen) atoms. The maximum absolute atomic E-state index is 13.1. The summed E-state index contributed by atoms with van der Waals surface area (Å²) in [5.41, 5.74) is 0.768. The number of esters is 1. The van der Waals surface area contributed by atoms with Crippen LogP contribution in [0.4, 0.5) is 4.39 Å². The summed E-state index contributed by atoms with van der Waals surface area (Å²) in [6.45, 7) is 4.25. The number of halogens is 2. The van der Waals surface area contributed by atoms with Gasteiger partial charge in [0.25, 0.3) is 0 Å². The van der Waals surface area contributed by atoms with Gasteiger partial charge in [0.1, 0.15) is 11.9 Å². The number of carbonyl (C=O) groups excluding carboxylic acids is 1. The third-order valence-corrected chi connectivity index (χ3v) is 3.42. The van der Waals surface area contributed by atoms with Gasteiger partial charge in [-0.3, -0.25) is 4.79 Å². The van der Waals surface area contributed by atoms with E-state index in [9.17, 15) is 9.18 Å². The van der Waals surface area contributed by atoms with Gasteiger partial charge in [0.05, 0.1) is 7.11 Å². The van der Waals surface area contributed by atoms with Crippen molar-refractivity contribution in [1.82, 2.24) is 5.32 Å². The van der Waals surface area contributed by atoms with Crippen LogP contribution in [0.15, 0.2) is 22.7 Å². The van der Waals surface area contributed by atoms with Gasteiger partial charge in [-0.05, 0) is 29.7 Å². The van der Waals surface area contributed by atoms with Gasteiger partial charge in [-0.25, -0.2) is 4.39 Å². The Morgan fingerprint density at radius 1 is 1.50 bits per heavy atom. The van der Waals surface area contributed by atoms with E-state index in [-0.39, 0.29) is 17.7 Å². The molecule has 0 radical (unpaired) electrons. The van der Waals surface area contributed by atoms with Crippen LogP contribution in [0.1, 0.15) is 19.4 Å². The molecule has 3 nitrogen and oxygen atoms in total. The number of carbonyl (C=O) groups is 1. The van der Waals surface area contributed by atoms with Gasteiger partial charge < -0.3 is 10.1 Å². The van der Waals surface area contributed by atoms with Crippen molar-refractivity contribution >= 4 is 21.9 Å². The lowest BCUT2D eigenvalue weighted by molar-refractivity contribution is -0.144. The predicted molar refractivity (Wildman–Crippen MR) is 71.6 cm³/mol. The summed E-state index contributed by atoms with van der Waals surface area (Å²) < 4.78 is 18.7. The molecule has 0 spiro atoms. The zero-order valence-corrected chi connectivity index (χ0v) is 12.3. The second-order valence-corrected chi connectivity index (χ2v) is 5.22. The van der Waals surface area contributed by atoms with Crippen molar-refractivity contribution in [3.8, 4) is 0 Å². The topological polar surface area (TPSA) is 38.3 Å². The Hall–Kier alpha value is -0.940. The van der Waals surface area contributed by atoms with Crippen LogP contribution in [0.5, 0.6) is 0 Å². The van der Waals surface area contributed by atoms with Crippen molar-refractivity contribution < 1.29 is 13.9 Å². The van der Waals surface area contributed by atoms with Gasteiger partial charge in [0, 0.05) is 11.0 Å². The minimum Gasteiger partial charge on any atom is -0.468 e. The highest BCUT2D eigenvalue weighted by atomic mass is 79.9. The van der Waals surface area contributed by atoms with Gasteiger partial charge in [0.2, 0.25) is 0 Å². The number of hydrogen-bond acceptors (Lipinski definition) is 3. The molecule has 1 aromatic rings. The van der Waals surface area contributed by atoms with Crippen LogP contribution in [0.3, 0.4) is 0 Å². The fraction of sp³-hybridized carbons (Fsp3) is 0.462. The zero-order chi connectivity index (χ0) is 13.7. The lowest BCUT2D eigenvalue weighted by atomic mass is 10.0. The van der Waals surface area contributed by atoms with Crippen LogP contribution in [0, 0.1) is 11.7 Å². The van der Waals surface area contributed by atoms with E-state index in [0.717, 1.165) is 10.0 Å². The van der Waals surface area contributed by atoms with Gasteiger partial charge in [-0.15, -0.1) is 0 Å². The van der Waals surface area contributed by atoms with Crippen molar-refractivity contribution in [3.63, 3.8) is 0 Å². The second kappa shape index (κ2) is 6.85. The van der Waals surface area contributed by atoms with E-state index in [2.05, 4.69) is 21.2 Å². The molecule has 0 fully saturated rings. The van der Waals surface area contributed by atoms with Gasteiger partial charge in [0.15, 0.2) is 0 Å². The minimum absolute atomic E-state index is 0.102. The molecular weight excluding hydrogens is 301 g/mol.